The molecule has 0 saturated carbocycles. The van der Waals surface area contributed by atoms with Crippen LogP contribution >= 0.6 is 0 Å². The predicted octanol–water partition coefficient (Wildman–Crippen LogP) is 2.98. The topological polar surface area (TPSA) is 20.3 Å². The Morgan fingerprint density at radius 1 is 1.25 bits per heavy atom. The molecular formula is C13H16FNO. The van der Waals surface area contributed by atoms with Gasteiger partial charge in [-0.2, -0.15) is 0 Å². The van der Waals surface area contributed by atoms with Gasteiger partial charge in [0.2, 0.25) is 5.91 Å². The second kappa shape index (κ2) is 4.64. The van der Waals surface area contributed by atoms with Crippen molar-refractivity contribution < 1.29 is 9.18 Å². The van der Waals surface area contributed by atoms with Crippen LogP contribution in [0.2, 0.25) is 0 Å². The number of amides is 1. The standard InChI is InChI=1S/C13H16FNO/c1-10-2-7-13(16)15(9-8-10)12-5-3-11(14)4-6-12/h3-6,10H,2,7-9H2,1H3. The predicted molar refractivity (Wildman–Crippen MR) is 61.8 cm³/mol. The zero-order chi connectivity index (χ0) is 11.5. The largest absolute Gasteiger partial charge is 0.312 e. The molecule has 0 spiro atoms. The van der Waals surface area contributed by atoms with Crippen LogP contribution in [0.25, 0.3) is 0 Å². The second-order valence-electron chi connectivity index (χ2n) is 4.45. The molecule has 1 aliphatic heterocycles. The maximum Gasteiger partial charge on any atom is 0.226 e. The van der Waals surface area contributed by atoms with Gasteiger partial charge in [-0.25, -0.2) is 4.39 Å². The van der Waals surface area contributed by atoms with Crippen molar-refractivity contribution in [3.8, 4) is 0 Å². The first kappa shape index (κ1) is 11.1. The lowest BCUT2D eigenvalue weighted by atomic mass is 10.0. The van der Waals surface area contributed by atoms with Crippen molar-refractivity contribution in [2.75, 3.05) is 11.4 Å². The molecule has 1 aromatic rings. The number of anilines is 1. The molecule has 2 nitrogen and oxygen atoms in total. The number of carbonyl (C=O) groups excluding carboxylic acids is 1. The van der Waals surface area contributed by atoms with Gasteiger partial charge in [0.25, 0.3) is 0 Å². The highest BCUT2D eigenvalue weighted by Crippen LogP contribution is 2.23. The van der Waals surface area contributed by atoms with Crippen LogP contribution in [0.5, 0.6) is 0 Å². The zero-order valence-corrected chi connectivity index (χ0v) is 9.45. The van der Waals surface area contributed by atoms with Gasteiger partial charge in [0.15, 0.2) is 0 Å². The summed E-state index contributed by atoms with van der Waals surface area (Å²) in [6.45, 7) is 2.91. The van der Waals surface area contributed by atoms with Crippen molar-refractivity contribution in [2.24, 2.45) is 5.92 Å². The summed E-state index contributed by atoms with van der Waals surface area (Å²) in [4.78, 5) is 13.6. The Balaban J connectivity index is 2.18. The van der Waals surface area contributed by atoms with Crippen LogP contribution in [0.1, 0.15) is 26.2 Å². The molecule has 1 amide bonds. The van der Waals surface area contributed by atoms with Crippen molar-refractivity contribution in [1.82, 2.24) is 0 Å². The van der Waals surface area contributed by atoms with Crippen molar-refractivity contribution >= 4 is 11.6 Å². The summed E-state index contributed by atoms with van der Waals surface area (Å²) in [6.07, 6.45) is 2.57. The third-order valence-corrected chi connectivity index (χ3v) is 3.14. The summed E-state index contributed by atoms with van der Waals surface area (Å²) in [5.41, 5.74) is 0.806. The highest BCUT2D eigenvalue weighted by atomic mass is 19.1. The first-order valence-corrected chi connectivity index (χ1v) is 5.73. The van der Waals surface area contributed by atoms with Gasteiger partial charge < -0.3 is 4.90 Å². The lowest BCUT2D eigenvalue weighted by Crippen LogP contribution is -2.29. The molecule has 0 bridgehead atoms. The highest BCUT2D eigenvalue weighted by molar-refractivity contribution is 5.93. The molecule has 0 aliphatic carbocycles. The van der Waals surface area contributed by atoms with E-state index in [1.807, 2.05) is 0 Å². The van der Waals surface area contributed by atoms with Crippen LogP contribution in [0.15, 0.2) is 24.3 Å². The highest BCUT2D eigenvalue weighted by Gasteiger charge is 2.21. The Hall–Kier alpha value is -1.38. The minimum absolute atomic E-state index is 0.149. The monoisotopic (exact) mass is 221 g/mol. The zero-order valence-electron chi connectivity index (χ0n) is 9.45. The number of hydrogen-bond acceptors (Lipinski definition) is 1. The van der Waals surface area contributed by atoms with Gasteiger partial charge in [0.05, 0.1) is 0 Å². The summed E-state index contributed by atoms with van der Waals surface area (Å²) in [7, 11) is 0. The molecule has 1 unspecified atom stereocenters. The third-order valence-electron chi connectivity index (χ3n) is 3.14. The molecule has 1 fully saturated rings. The summed E-state index contributed by atoms with van der Waals surface area (Å²) in [5.74, 6) is 0.477. The smallest absolute Gasteiger partial charge is 0.226 e. The lowest BCUT2D eigenvalue weighted by molar-refractivity contribution is -0.118. The van der Waals surface area contributed by atoms with E-state index in [4.69, 9.17) is 0 Å². The first-order chi connectivity index (χ1) is 7.66. The molecule has 1 saturated heterocycles. The minimum Gasteiger partial charge on any atom is -0.312 e. The summed E-state index contributed by atoms with van der Waals surface area (Å²) < 4.78 is 12.8. The van der Waals surface area contributed by atoms with Crippen LogP contribution < -0.4 is 4.90 Å². The van der Waals surface area contributed by atoms with Crippen LogP contribution in [0.4, 0.5) is 10.1 Å². The molecule has 1 atom stereocenters. The van der Waals surface area contributed by atoms with E-state index in [0.29, 0.717) is 12.3 Å². The molecule has 1 aromatic carbocycles. The number of carbonyl (C=O) groups is 1. The van der Waals surface area contributed by atoms with E-state index in [1.165, 1.54) is 12.1 Å². The number of benzene rings is 1. The van der Waals surface area contributed by atoms with Crippen LogP contribution in [0.3, 0.4) is 0 Å². The van der Waals surface area contributed by atoms with Crippen molar-refractivity contribution in [2.45, 2.75) is 26.2 Å². The van der Waals surface area contributed by atoms with Gasteiger partial charge in [-0.3, -0.25) is 4.79 Å². The fourth-order valence-electron chi connectivity index (χ4n) is 2.02. The number of rotatable bonds is 1. The Bertz CT molecular complexity index is 374. The number of nitrogens with zero attached hydrogens (tertiary/aromatic N) is 1. The molecular weight excluding hydrogens is 205 g/mol. The maximum atomic E-state index is 12.8. The van der Waals surface area contributed by atoms with E-state index in [0.717, 1.165) is 25.1 Å². The van der Waals surface area contributed by atoms with E-state index < -0.39 is 0 Å². The molecule has 3 heteroatoms. The van der Waals surface area contributed by atoms with E-state index in [1.54, 1.807) is 17.0 Å². The Kier molecular flexibility index (Phi) is 3.22. The number of halogens is 1. The van der Waals surface area contributed by atoms with Crippen molar-refractivity contribution in [3.63, 3.8) is 0 Å². The SMILES string of the molecule is CC1CCC(=O)N(c2ccc(F)cc2)CC1. The van der Waals surface area contributed by atoms with Gasteiger partial charge in [0.1, 0.15) is 5.82 Å². The Labute approximate surface area is 95.1 Å². The normalized spacial score (nSPS) is 22.0. The van der Waals surface area contributed by atoms with Crippen molar-refractivity contribution in [1.29, 1.82) is 0 Å². The fourth-order valence-corrected chi connectivity index (χ4v) is 2.02. The Morgan fingerprint density at radius 3 is 2.62 bits per heavy atom. The first-order valence-electron chi connectivity index (χ1n) is 5.73. The lowest BCUT2D eigenvalue weighted by Gasteiger charge is -2.20. The Morgan fingerprint density at radius 2 is 1.94 bits per heavy atom. The summed E-state index contributed by atoms with van der Waals surface area (Å²) in [6, 6.07) is 6.14. The van der Waals surface area contributed by atoms with Gasteiger partial charge >= 0.3 is 0 Å². The van der Waals surface area contributed by atoms with E-state index in [-0.39, 0.29) is 11.7 Å². The molecule has 0 aromatic heterocycles. The summed E-state index contributed by atoms with van der Waals surface area (Å²) >= 11 is 0. The van der Waals surface area contributed by atoms with Crippen LogP contribution in [-0.2, 0) is 4.79 Å². The molecule has 16 heavy (non-hydrogen) atoms. The van der Waals surface area contributed by atoms with Gasteiger partial charge in [-0.1, -0.05) is 6.92 Å². The number of hydrogen-bond donors (Lipinski definition) is 0. The maximum absolute atomic E-state index is 12.8. The van der Waals surface area contributed by atoms with E-state index >= 15 is 0 Å². The second-order valence-corrected chi connectivity index (χ2v) is 4.45. The molecule has 0 N–H and O–H groups in total. The van der Waals surface area contributed by atoms with Crippen molar-refractivity contribution in [3.05, 3.63) is 30.1 Å². The third kappa shape index (κ3) is 2.40. The average molecular weight is 221 g/mol. The molecule has 86 valence electrons. The van der Waals surface area contributed by atoms with Gasteiger partial charge in [0, 0.05) is 18.7 Å². The van der Waals surface area contributed by atoms with Crippen LogP contribution in [0, 0.1) is 11.7 Å². The minimum atomic E-state index is -0.264. The van der Waals surface area contributed by atoms with E-state index in [2.05, 4.69) is 6.92 Å². The molecule has 2 rings (SSSR count). The molecule has 1 aliphatic rings. The summed E-state index contributed by atoms with van der Waals surface area (Å²) in [5, 5.41) is 0. The van der Waals surface area contributed by atoms with Gasteiger partial charge in [-0.15, -0.1) is 0 Å². The van der Waals surface area contributed by atoms with Crippen LogP contribution in [-0.4, -0.2) is 12.5 Å². The fraction of sp³-hybridized carbons (Fsp3) is 0.462. The van der Waals surface area contributed by atoms with E-state index in [9.17, 15) is 9.18 Å². The molecule has 0 radical (unpaired) electrons. The molecule has 1 heterocycles. The quantitative estimate of drug-likeness (QED) is 0.714. The van der Waals surface area contributed by atoms with Gasteiger partial charge in [-0.05, 0) is 43.0 Å². The average Bonchev–Trinajstić information content (AvgIpc) is 2.44.